The molecule has 1 heterocycles. The number of aryl methyl sites for hydroxylation is 3. The minimum atomic E-state index is -3.70. The zero-order valence-corrected chi connectivity index (χ0v) is 19.9. The third kappa shape index (κ3) is 5.12. The minimum Gasteiger partial charge on any atom is -0.384 e. The lowest BCUT2D eigenvalue weighted by atomic mass is 10.00. The van der Waals surface area contributed by atoms with Gasteiger partial charge in [-0.15, -0.1) is 0 Å². The van der Waals surface area contributed by atoms with Crippen molar-refractivity contribution in [3.8, 4) is 0 Å². The van der Waals surface area contributed by atoms with E-state index in [1.165, 1.54) is 0 Å². The quantitative estimate of drug-likeness (QED) is 0.353. The van der Waals surface area contributed by atoms with Crippen molar-refractivity contribution >= 4 is 33.1 Å². The highest BCUT2D eigenvalue weighted by Crippen LogP contribution is 2.31. The van der Waals surface area contributed by atoms with Crippen LogP contribution in [0, 0.1) is 12.3 Å². The van der Waals surface area contributed by atoms with Crippen molar-refractivity contribution in [1.29, 1.82) is 5.41 Å². The molecule has 0 atom stereocenters. The van der Waals surface area contributed by atoms with Gasteiger partial charge >= 0.3 is 0 Å². The number of rotatable bonds is 7. The van der Waals surface area contributed by atoms with Crippen molar-refractivity contribution in [2.75, 3.05) is 16.2 Å². The van der Waals surface area contributed by atoms with Gasteiger partial charge in [0.15, 0.2) is 0 Å². The summed E-state index contributed by atoms with van der Waals surface area (Å²) in [5, 5.41) is 7.47. The lowest BCUT2D eigenvalue weighted by molar-refractivity contribution is -0.118. The molecular weight excluding hydrogens is 448 g/mol. The molecule has 0 unspecified atom stereocenters. The van der Waals surface area contributed by atoms with E-state index in [0.717, 1.165) is 29.7 Å². The van der Waals surface area contributed by atoms with E-state index in [1.54, 1.807) is 54.3 Å². The predicted octanol–water partition coefficient (Wildman–Crippen LogP) is 3.99. The summed E-state index contributed by atoms with van der Waals surface area (Å²) in [5.41, 5.74) is 10.1. The number of fused-ring (bicyclic) bond motifs is 1. The molecule has 4 N–H and O–H groups in total. The van der Waals surface area contributed by atoms with E-state index in [-0.39, 0.29) is 16.6 Å². The van der Waals surface area contributed by atoms with E-state index in [1.807, 2.05) is 24.3 Å². The molecule has 3 aromatic carbocycles. The molecule has 1 aliphatic heterocycles. The molecule has 0 fully saturated rings. The molecule has 4 rings (SSSR count). The van der Waals surface area contributed by atoms with E-state index < -0.39 is 10.0 Å². The first kappa shape index (κ1) is 23.5. The van der Waals surface area contributed by atoms with Crippen molar-refractivity contribution in [3.05, 3.63) is 89.0 Å². The van der Waals surface area contributed by atoms with Gasteiger partial charge in [-0.2, -0.15) is 0 Å². The Morgan fingerprint density at radius 3 is 2.53 bits per heavy atom. The van der Waals surface area contributed by atoms with Gasteiger partial charge in [-0.3, -0.25) is 14.9 Å². The summed E-state index contributed by atoms with van der Waals surface area (Å²) in [6.45, 7) is 2.41. The molecule has 1 aliphatic rings. The van der Waals surface area contributed by atoms with Gasteiger partial charge in [0.25, 0.3) is 10.0 Å². The average molecular weight is 477 g/mol. The second-order valence-electron chi connectivity index (χ2n) is 8.47. The minimum absolute atomic E-state index is 0.0214. The molecule has 0 saturated heterocycles. The number of amides is 1. The Bertz CT molecular complexity index is 1330. The molecule has 8 heteroatoms. The van der Waals surface area contributed by atoms with Gasteiger partial charge in [-0.05, 0) is 67.1 Å². The number of carbonyl (C=O) groups is 1. The molecule has 176 valence electrons. The smallest absolute Gasteiger partial charge is 0.262 e. The SMILES string of the molecule is Cc1ccccc1S(=O)(=O)Nc1ccc2c(c1)CCCN2C(=O)CCc1ccc(C(=N)N)cc1. The summed E-state index contributed by atoms with van der Waals surface area (Å²) >= 11 is 0. The Morgan fingerprint density at radius 1 is 1.09 bits per heavy atom. The van der Waals surface area contributed by atoms with E-state index in [9.17, 15) is 13.2 Å². The number of nitrogen functional groups attached to an aromatic ring is 1. The van der Waals surface area contributed by atoms with Gasteiger partial charge in [0, 0.05) is 29.9 Å². The van der Waals surface area contributed by atoms with Crippen LogP contribution >= 0.6 is 0 Å². The van der Waals surface area contributed by atoms with Crippen LogP contribution in [0.4, 0.5) is 11.4 Å². The highest BCUT2D eigenvalue weighted by Gasteiger charge is 2.24. The van der Waals surface area contributed by atoms with E-state index in [2.05, 4.69) is 4.72 Å². The van der Waals surface area contributed by atoms with Crippen LogP contribution in [0.15, 0.2) is 71.6 Å². The third-order valence-electron chi connectivity index (χ3n) is 6.03. The molecule has 34 heavy (non-hydrogen) atoms. The van der Waals surface area contributed by atoms with Crippen LogP contribution in [0.2, 0.25) is 0 Å². The molecular formula is C26H28N4O3S. The summed E-state index contributed by atoms with van der Waals surface area (Å²) in [7, 11) is -3.70. The molecule has 0 spiro atoms. The Kier molecular flexibility index (Phi) is 6.70. The Hall–Kier alpha value is -3.65. The predicted molar refractivity (Wildman–Crippen MR) is 135 cm³/mol. The Labute approximate surface area is 200 Å². The van der Waals surface area contributed by atoms with Gasteiger partial charge in [0.05, 0.1) is 4.90 Å². The van der Waals surface area contributed by atoms with Crippen LogP contribution in [0.3, 0.4) is 0 Å². The second kappa shape index (κ2) is 9.69. The first-order valence-corrected chi connectivity index (χ1v) is 12.7. The molecule has 3 aromatic rings. The molecule has 0 saturated carbocycles. The Morgan fingerprint density at radius 2 is 1.82 bits per heavy atom. The van der Waals surface area contributed by atoms with Crippen LogP contribution in [0.5, 0.6) is 0 Å². The number of anilines is 2. The summed E-state index contributed by atoms with van der Waals surface area (Å²) in [6.07, 6.45) is 2.56. The fourth-order valence-electron chi connectivity index (χ4n) is 4.22. The topological polar surface area (TPSA) is 116 Å². The van der Waals surface area contributed by atoms with Crippen molar-refractivity contribution < 1.29 is 13.2 Å². The first-order valence-electron chi connectivity index (χ1n) is 11.2. The van der Waals surface area contributed by atoms with Crippen LogP contribution in [0.25, 0.3) is 0 Å². The van der Waals surface area contributed by atoms with Gasteiger partial charge in [0.1, 0.15) is 5.84 Å². The zero-order valence-electron chi connectivity index (χ0n) is 19.0. The third-order valence-corrected chi connectivity index (χ3v) is 7.57. The summed E-state index contributed by atoms with van der Waals surface area (Å²) < 4.78 is 28.4. The molecule has 1 amide bonds. The monoisotopic (exact) mass is 476 g/mol. The number of nitrogens with zero attached hydrogens (tertiary/aromatic N) is 1. The van der Waals surface area contributed by atoms with Crippen LogP contribution < -0.4 is 15.4 Å². The van der Waals surface area contributed by atoms with Crippen LogP contribution in [-0.2, 0) is 27.7 Å². The first-order chi connectivity index (χ1) is 16.2. The summed E-state index contributed by atoms with van der Waals surface area (Å²) in [6, 6.07) is 19.6. The molecule has 0 bridgehead atoms. The van der Waals surface area contributed by atoms with E-state index >= 15 is 0 Å². The maximum atomic E-state index is 13.0. The zero-order chi connectivity index (χ0) is 24.3. The standard InChI is InChI=1S/C26H28N4O3S/c1-18-5-2-3-7-24(18)34(32,33)29-22-13-14-23-21(17-22)6-4-16-30(23)25(31)15-10-19-8-11-20(12-9-19)26(27)28/h2-3,5,7-9,11-14,17,29H,4,6,10,15-16H2,1H3,(H3,27,28). The fourth-order valence-corrected chi connectivity index (χ4v) is 5.52. The molecule has 0 radical (unpaired) electrons. The van der Waals surface area contributed by atoms with Crippen LogP contribution in [0.1, 0.15) is 35.1 Å². The molecule has 0 aliphatic carbocycles. The van der Waals surface area contributed by atoms with Gasteiger partial charge in [0.2, 0.25) is 5.91 Å². The number of hydrogen-bond acceptors (Lipinski definition) is 4. The lowest BCUT2D eigenvalue weighted by Crippen LogP contribution is -2.35. The van der Waals surface area contributed by atoms with E-state index in [0.29, 0.717) is 36.2 Å². The largest absolute Gasteiger partial charge is 0.384 e. The van der Waals surface area contributed by atoms with Crippen LogP contribution in [-0.4, -0.2) is 26.7 Å². The fraction of sp³-hybridized carbons (Fsp3) is 0.231. The molecule has 7 nitrogen and oxygen atoms in total. The maximum Gasteiger partial charge on any atom is 0.262 e. The van der Waals surface area contributed by atoms with Gasteiger partial charge in [-0.1, -0.05) is 42.5 Å². The van der Waals surface area contributed by atoms with Crippen molar-refractivity contribution in [1.82, 2.24) is 0 Å². The number of hydrogen-bond donors (Lipinski definition) is 3. The lowest BCUT2D eigenvalue weighted by Gasteiger charge is -2.30. The summed E-state index contributed by atoms with van der Waals surface area (Å²) in [5.74, 6) is 0.0537. The maximum absolute atomic E-state index is 13.0. The van der Waals surface area contributed by atoms with Gasteiger partial charge in [-0.25, -0.2) is 8.42 Å². The van der Waals surface area contributed by atoms with Crippen molar-refractivity contribution in [2.45, 2.75) is 37.5 Å². The van der Waals surface area contributed by atoms with Crippen molar-refractivity contribution in [3.63, 3.8) is 0 Å². The normalized spacial score (nSPS) is 13.3. The Balaban J connectivity index is 1.46. The highest BCUT2D eigenvalue weighted by molar-refractivity contribution is 7.92. The average Bonchev–Trinajstić information content (AvgIpc) is 2.82. The number of sulfonamides is 1. The number of carbonyl (C=O) groups excluding carboxylic acids is 1. The van der Waals surface area contributed by atoms with E-state index in [4.69, 9.17) is 11.1 Å². The highest BCUT2D eigenvalue weighted by atomic mass is 32.2. The number of nitrogens with one attached hydrogen (secondary N) is 2. The van der Waals surface area contributed by atoms with Crippen molar-refractivity contribution in [2.24, 2.45) is 5.73 Å². The van der Waals surface area contributed by atoms with Gasteiger partial charge < -0.3 is 10.6 Å². The second-order valence-corrected chi connectivity index (χ2v) is 10.1. The summed E-state index contributed by atoms with van der Waals surface area (Å²) in [4.78, 5) is 15.1. The number of nitrogens with two attached hydrogens (primary N) is 1. The molecule has 0 aromatic heterocycles. The number of amidine groups is 1. The number of benzene rings is 3.